The number of nitrogens with zero attached hydrogens (tertiary/aromatic N) is 2. The van der Waals surface area contributed by atoms with E-state index in [1.54, 1.807) is 11.5 Å². The molecule has 2 atom stereocenters. The van der Waals surface area contributed by atoms with Crippen molar-refractivity contribution < 1.29 is 14.6 Å². The highest BCUT2D eigenvalue weighted by Crippen LogP contribution is 2.32. The monoisotopic (exact) mass is 253 g/mol. The van der Waals surface area contributed by atoms with Gasteiger partial charge in [-0.3, -0.25) is 0 Å². The summed E-state index contributed by atoms with van der Waals surface area (Å²) in [5, 5.41) is 10.1. The number of aliphatic hydroxyl groups excluding tert-OH is 1. The Morgan fingerprint density at radius 3 is 2.78 bits per heavy atom. The van der Waals surface area contributed by atoms with E-state index in [9.17, 15) is 9.90 Å². The number of aryl methyl sites for hydroxylation is 1. The molecule has 0 aliphatic heterocycles. The number of imidazole rings is 1. The lowest BCUT2D eigenvalue weighted by Gasteiger charge is -2.30. The normalized spacial score (nSPS) is 23.9. The van der Waals surface area contributed by atoms with E-state index in [2.05, 4.69) is 9.72 Å². The van der Waals surface area contributed by atoms with Gasteiger partial charge in [-0.05, 0) is 19.8 Å². The number of rotatable bonds is 2. The summed E-state index contributed by atoms with van der Waals surface area (Å²) in [5.41, 5.74) is 6.09. The first kappa shape index (κ1) is 12.9. The van der Waals surface area contributed by atoms with Gasteiger partial charge in [-0.2, -0.15) is 0 Å². The second-order valence-electron chi connectivity index (χ2n) is 4.67. The fraction of sp³-hybridized carbons (Fsp3) is 0.667. The molecular weight excluding hydrogens is 234 g/mol. The number of nitrogen functional groups attached to an aromatic ring is 1. The fourth-order valence-electron chi connectivity index (χ4n) is 2.62. The standard InChI is InChI=1S/C12H19N3O3/c1-7-14-10(12(17)18-2)11(13)15(7)8-5-3-4-6-9(8)16/h8-9,16H,3-6,13H2,1-2H3. The van der Waals surface area contributed by atoms with Gasteiger partial charge in [0.2, 0.25) is 0 Å². The van der Waals surface area contributed by atoms with E-state index in [1.165, 1.54) is 7.11 Å². The lowest BCUT2D eigenvalue weighted by Crippen LogP contribution is -2.29. The summed E-state index contributed by atoms with van der Waals surface area (Å²) >= 11 is 0. The van der Waals surface area contributed by atoms with Gasteiger partial charge in [0, 0.05) is 0 Å². The van der Waals surface area contributed by atoms with Crippen LogP contribution in [-0.4, -0.2) is 33.8 Å². The Labute approximate surface area is 106 Å². The van der Waals surface area contributed by atoms with E-state index >= 15 is 0 Å². The van der Waals surface area contributed by atoms with Gasteiger partial charge in [0.25, 0.3) is 0 Å². The minimum absolute atomic E-state index is 0.0929. The fourth-order valence-corrected chi connectivity index (χ4v) is 2.62. The second kappa shape index (κ2) is 4.97. The summed E-state index contributed by atoms with van der Waals surface area (Å²) in [6, 6.07) is -0.0929. The van der Waals surface area contributed by atoms with Gasteiger partial charge in [0.05, 0.1) is 19.3 Å². The molecule has 1 fully saturated rings. The lowest BCUT2D eigenvalue weighted by atomic mass is 9.92. The Morgan fingerprint density at radius 1 is 1.50 bits per heavy atom. The van der Waals surface area contributed by atoms with Crippen molar-refractivity contribution in [2.45, 2.75) is 44.8 Å². The molecule has 1 aliphatic carbocycles. The zero-order chi connectivity index (χ0) is 13.3. The van der Waals surface area contributed by atoms with Crippen LogP contribution < -0.4 is 5.73 Å². The smallest absolute Gasteiger partial charge is 0.360 e. The summed E-state index contributed by atoms with van der Waals surface area (Å²) in [4.78, 5) is 15.7. The van der Waals surface area contributed by atoms with Crippen molar-refractivity contribution in [2.75, 3.05) is 12.8 Å². The number of hydrogen-bond donors (Lipinski definition) is 2. The van der Waals surface area contributed by atoms with Crippen molar-refractivity contribution in [3.05, 3.63) is 11.5 Å². The molecule has 100 valence electrons. The molecule has 1 aliphatic rings. The van der Waals surface area contributed by atoms with Gasteiger partial charge >= 0.3 is 5.97 Å². The first-order valence-electron chi connectivity index (χ1n) is 6.17. The molecule has 6 heteroatoms. The number of hydrogen-bond acceptors (Lipinski definition) is 5. The van der Waals surface area contributed by atoms with Crippen LogP contribution in [0, 0.1) is 6.92 Å². The SMILES string of the molecule is COC(=O)c1nc(C)n(C2CCCCC2O)c1N. The number of aromatic nitrogens is 2. The maximum atomic E-state index is 11.5. The molecule has 2 unspecified atom stereocenters. The summed E-state index contributed by atoms with van der Waals surface area (Å²) < 4.78 is 6.40. The first-order chi connectivity index (χ1) is 8.56. The van der Waals surface area contributed by atoms with Crippen molar-refractivity contribution >= 4 is 11.8 Å². The Balaban J connectivity index is 2.38. The van der Waals surface area contributed by atoms with Gasteiger partial charge < -0.3 is 20.1 Å². The third kappa shape index (κ3) is 2.08. The van der Waals surface area contributed by atoms with Crippen LogP contribution in [0.5, 0.6) is 0 Å². The van der Waals surface area contributed by atoms with Crippen LogP contribution in [0.25, 0.3) is 0 Å². The molecule has 0 amide bonds. The third-order valence-corrected chi connectivity index (χ3v) is 3.53. The summed E-state index contributed by atoms with van der Waals surface area (Å²) in [5.74, 6) is 0.379. The predicted molar refractivity (Wildman–Crippen MR) is 66.2 cm³/mol. The number of methoxy groups -OCH3 is 1. The molecule has 18 heavy (non-hydrogen) atoms. The maximum absolute atomic E-state index is 11.5. The molecule has 0 aromatic carbocycles. The summed E-state index contributed by atoms with van der Waals surface area (Å²) in [7, 11) is 1.30. The van der Waals surface area contributed by atoms with E-state index in [1.807, 2.05) is 0 Å². The highest BCUT2D eigenvalue weighted by Gasteiger charge is 2.30. The minimum atomic E-state index is -0.542. The molecule has 6 nitrogen and oxygen atoms in total. The number of carbonyl (C=O) groups is 1. The van der Waals surface area contributed by atoms with E-state index in [4.69, 9.17) is 5.73 Å². The molecule has 1 saturated carbocycles. The minimum Gasteiger partial charge on any atom is -0.464 e. The topological polar surface area (TPSA) is 90.4 Å². The quantitative estimate of drug-likeness (QED) is 0.768. The molecule has 1 aromatic heterocycles. The number of carbonyl (C=O) groups excluding carboxylic acids is 1. The van der Waals surface area contributed by atoms with Crippen molar-refractivity contribution in [3.63, 3.8) is 0 Å². The Kier molecular flexibility index (Phi) is 3.56. The van der Waals surface area contributed by atoms with Gasteiger partial charge in [-0.1, -0.05) is 12.8 Å². The van der Waals surface area contributed by atoms with Gasteiger partial charge in [0.15, 0.2) is 5.69 Å². The Morgan fingerprint density at radius 2 is 2.17 bits per heavy atom. The molecule has 0 bridgehead atoms. The van der Waals surface area contributed by atoms with E-state index < -0.39 is 12.1 Å². The number of aliphatic hydroxyl groups is 1. The Hall–Kier alpha value is -1.56. The van der Waals surface area contributed by atoms with Crippen molar-refractivity contribution in [3.8, 4) is 0 Å². The largest absolute Gasteiger partial charge is 0.464 e. The number of anilines is 1. The third-order valence-electron chi connectivity index (χ3n) is 3.53. The molecule has 0 saturated heterocycles. The number of ether oxygens (including phenoxy) is 1. The first-order valence-corrected chi connectivity index (χ1v) is 6.17. The number of esters is 1. The van der Waals surface area contributed by atoms with Crippen molar-refractivity contribution in [1.82, 2.24) is 9.55 Å². The van der Waals surface area contributed by atoms with Crippen LogP contribution in [0.1, 0.15) is 48.0 Å². The van der Waals surface area contributed by atoms with Crippen LogP contribution in [0.2, 0.25) is 0 Å². The van der Waals surface area contributed by atoms with E-state index in [0.29, 0.717) is 5.82 Å². The average molecular weight is 253 g/mol. The highest BCUT2D eigenvalue weighted by atomic mass is 16.5. The molecule has 0 radical (unpaired) electrons. The van der Waals surface area contributed by atoms with Crippen molar-refractivity contribution in [2.24, 2.45) is 0 Å². The van der Waals surface area contributed by atoms with Gasteiger partial charge in [-0.15, -0.1) is 0 Å². The molecule has 2 rings (SSSR count). The van der Waals surface area contributed by atoms with Crippen LogP contribution in [0.15, 0.2) is 0 Å². The molecule has 0 spiro atoms. The lowest BCUT2D eigenvalue weighted by molar-refractivity contribution is 0.0594. The van der Waals surface area contributed by atoms with Crippen molar-refractivity contribution in [1.29, 1.82) is 0 Å². The van der Waals surface area contributed by atoms with Gasteiger partial charge in [-0.25, -0.2) is 9.78 Å². The molecule has 1 heterocycles. The summed E-state index contributed by atoms with van der Waals surface area (Å²) in [6.45, 7) is 1.78. The van der Waals surface area contributed by atoms with E-state index in [0.717, 1.165) is 25.7 Å². The summed E-state index contributed by atoms with van der Waals surface area (Å²) in [6.07, 6.45) is 3.25. The van der Waals surface area contributed by atoms with Crippen LogP contribution in [0.3, 0.4) is 0 Å². The van der Waals surface area contributed by atoms with E-state index in [-0.39, 0.29) is 17.6 Å². The van der Waals surface area contributed by atoms with Crippen LogP contribution in [0.4, 0.5) is 5.82 Å². The van der Waals surface area contributed by atoms with Gasteiger partial charge in [0.1, 0.15) is 11.6 Å². The zero-order valence-electron chi connectivity index (χ0n) is 10.7. The maximum Gasteiger partial charge on any atom is 0.360 e. The molecule has 3 N–H and O–H groups in total. The zero-order valence-corrected chi connectivity index (χ0v) is 10.7. The molecule has 1 aromatic rings. The van der Waals surface area contributed by atoms with Crippen LogP contribution >= 0.6 is 0 Å². The second-order valence-corrected chi connectivity index (χ2v) is 4.67. The molecular formula is C12H19N3O3. The average Bonchev–Trinajstić information content (AvgIpc) is 2.65. The predicted octanol–water partition coefficient (Wildman–Crippen LogP) is 1.04. The number of nitrogens with two attached hydrogens (primary N) is 1. The highest BCUT2D eigenvalue weighted by molar-refractivity contribution is 5.92. The van der Waals surface area contributed by atoms with Crippen LogP contribution in [-0.2, 0) is 4.74 Å². The Bertz CT molecular complexity index is 456.